The summed E-state index contributed by atoms with van der Waals surface area (Å²) < 4.78 is 18.5. The number of hydrogen-bond acceptors (Lipinski definition) is 1. The van der Waals surface area contributed by atoms with Crippen LogP contribution in [0, 0.1) is 5.82 Å². The van der Waals surface area contributed by atoms with Crippen LogP contribution in [0.15, 0.2) is 54.6 Å². The summed E-state index contributed by atoms with van der Waals surface area (Å²) in [5, 5.41) is 0. The molecule has 2 aromatic carbocycles. The van der Waals surface area contributed by atoms with Crippen LogP contribution in [0.25, 0.3) is 0 Å². The van der Waals surface area contributed by atoms with E-state index in [2.05, 4.69) is 0 Å². The van der Waals surface area contributed by atoms with Crippen molar-refractivity contribution in [2.45, 2.75) is 6.61 Å². The molecule has 2 rings (SSSR count). The highest BCUT2D eigenvalue weighted by molar-refractivity contribution is 6.46. The molecule has 0 amide bonds. The Balaban J connectivity index is 1.87. The number of benzene rings is 2. The first-order chi connectivity index (χ1) is 7.86. The first-order valence-corrected chi connectivity index (χ1v) is 5.09. The second kappa shape index (κ2) is 5.47. The molecule has 1 radical (unpaired) electrons. The monoisotopic (exact) mass is 213 g/mol. The van der Waals surface area contributed by atoms with Gasteiger partial charge in [0.15, 0.2) is 0 Å². The van der Waals surface area contributed by atoms with Gasteiger partial charge in [-0.05, 0) is 6.07 Å². The fourth-order valence-corrected chi connectivity index (χ4v) is 1.37. The molecule has 0 unspecified atom stereocenters. The van der Waals surface area contributed by atoms with Gasteiger partial charge in [-0.1, -0.05) is 54.0 Å². The Labute approximate surface area is 95.2 Å². The van der Waals surface area contributed by atoms with Crippen molar-refractivity contribution in [1.29, 1.82) is 0 Å². The van der Waals surface area contributed by atoms with Gasteiger partial charge in [0.05, 0.1) is 6.61 Å². The van der Waals surface area contributed by atoms with Gasteiger partial charge >= 0.3 is 7.48 Å². The van der Waals surface area contributed by atoms with Gasteiger partial charge in [0.25, 0.3) is 0 Å². The summed E-state index contributed by atoms with van der Waals surface area (Å²) in [4.78, 5) is 0. The Morgan fingerprint density at radius 2 is 1.62 bits per heavy atom. The summed E-state index contributed by atoms with van der Waals surface area (Å²) in [6.45, 7) is 0.252. The van der Waals surface area contributed by atoms with Gasteiger partial charge in [-0.25, -0.2) is 4.39 Å². The summed E-state index contributed by atoms with van der Waals surface area (Å²) in [6.07, 6.45) is 0. The van der Waals surface area contributed by atoms with Crippen molar-refractivity contribution in [3.05, 3.63) is 66.0 Å². The summed E-state index contributed by atoms with van der Waals surface area (Å²) in [5.41, 5.74) is 1.54. The Morgan fingerprint density at radius 1 is 0.938 bits per heavy atom. The van der Waals surface area contributed by atoms with E-state index in [-0.39, 0.29) is 12.4 Å². The lowest BCUT2D eigenvalue weighted by molar-refractivity contribution is 0.323. The standard InChI is InChI=1S/C13H11BFO/c15-13-9-5-4-6-11(13)10-16-14-12-7-2-1-3-8-12/h1-9H,10H2. The van der Waals surface area contributed by atoms with Crippen molar-refractivity contribution in [3.63, 3.8) is 0 Å². The predicted octanol–water partition coefficient (Wildman–Crippen LogP) is 2.29. The highest BCUT2D eigenvalue weighted by atomic mass is 19.1. The quantitative estimate of drug-likeness (QED) is 0.708. The summed E-state index contributed by atoms with van der Waals surface area (Å²) in [6, 6.07) is 16.3. The molecule has 0 spiro atoms. The first-order valence-electron chi connectivity index (χ1n) is 5.09. The van der Waals surface area contributed by atoms with E-state index in [9.17, 15) is 4.39 Å². The molecule has 0 atom stereocenters. The van der Waals surface area contributed by atoms with E-state index in [0.717, 1.165) is 5.46 Å². The second-order valence-corrected chi connectivity index (χ2v) is 3.43. The largest absolute Gasteiger partial charge is 0.430 e. The van der Waals surface area contributed by atoms with Gasteiger partial charge in [-0.2, -0.15) is 0 Å². The normalized spacial score (nSPS) is 10.1. The van der Waals surface area contributed by atoms with Crippen molar-refractivity contribution in [2.75, 3.05) is 0 Å². The van der Waals surface area contributed by atoms with E-state index in [1.807, 2.05) is 30.3 Å². The Bertz CT molecular complexity index is 445. The topological polar surface area (TPSA) is 9.23 Å². The third-order valence-corrected chi connectivity index (χ3v) is 2.22. The van der Waals surface area contributed by atoms with Crippen LogP contribution >= 0.6 is 0 Å². The van der Waals surface area contributed by atoms with E-state index < -0.39 is 0 Å². The van der Waals surface area contributed by atoms with Crippen LogP contribution in [0.3, 0.4) is 0 Å². The molecule has 0 fully saturated rings. The molecule has 3 heteroatoms. The fraction of sp³-hybridized carbons (Fsp3) is 0.0769. The molecule has 0 aliphatic heterocycles. The minimum Gasteiger partial charge on any atom is -0.430 e. The zero-order valence-corrected chi connectivity index (χ0v) is 8.77. The predicted molar refractivity (Wildman–Crippen MR) is 63.0 cm³/mol. The van der Waals surface area contributed by atoms with Crippen LogP contribution < -0.4 is 5.46 Å². The average molecular weight is 213 g/mol. The van der Waals surface area contributed by atoms with Gasteiger partial charge in [-0.15, -0.1) is 0 Å². The van der Waals surface area contributed by atoms with E-state index in [1.54, 1.807) is 25.7 Å². The maximum Gasteiger partial charge on any atom is 0.330 e. The van der Waals surface area contributed by atoms with E-state index >= 15 is 0 Å². The fourth-order valence-electron chi connectivity index (χ4n) is 1.37. The number of rotatable bonds is 4. The summed E-state index contributed by atoms with van der Waals surface area (Å²) >= 11 is 0. The molecule has 2 aromatic rings. The lowest BCUT2D eigenvalue weighted by Crippen LogP contribution is -2.16. The molecule has 0 aromatic heterocycles. The SMILES string of the molecule is Fc1ccccc1CO[B]c1ccccc1. The van der Waals surface area contributed by atoms with E-state index in [4.69, 9.17) is 4.65 Å². The zero-order valence-electron chi connectivity index (χ0n) is 8.77. The number of halogens is 1. The number of hydrogen-bond donors (Lipinski definition) is 0. The average Bonchev–Trinajstić information content (AvgIpc) is 2.33. The van der Waals surface area contributed by atoms with Crippen molar-refractivity contribution in [3.8, 4) is 0 Å². The van der Waals surface area contributed by atoms with Crippen LogP contribution in [0.5, 0.6) is 0 Å². The highest BCUT2D eigenvalue weighted by Crippen LogP contribution is 2.06. The van der Waals surface area contributed by atoms with Crippen molar-refractivity contribution in [2.24, 2.45) is 0 Å². The maximum atomic E-state index is 13.2. The molecule has 1 nitrogen and oxygen atoms in total. The van der Waals surface area contributed by atoms with Crippen LogP contribution in [0.2, 0.25) is 0 Å². The third-order valence-electron chi connectivity index (χ3n) is 2.22. The van der Waals surface area contributed by atoms with Crippen molar-refractivity contribution >= 4 is 12.9 Å². The zero-order chi connectivity index (χ0) is 11.2. The molecule has 0 heterocycles. The molecular formula is C13H11BFO. The first kappa shape index (κ1) is 10.9. The smallest absolute Gasteiger partial charge is 0.330 e. The van der Waals surface area contributed by atoms with Crippen LogP contribution in [-0.4, -0.2) is 7.48 Å². The molecule has 79 valence electrons. The summed E-state index contributed by atoms with van der Waals surface area (Å²) in [7, 11) is 1.63. The lowest BCUT2D eigenvalue weighted by Gasteiger charge is -2.04. The van der Waals surface area contributed by atoms with Gasteiger partial charge in [0.2, 0.25) is 0 Å². The molecule has 0 bridgehead atoms. The molecule has 0 N–H and O–H groups in total. The summed E-state index contributed by atoms with van der Waals surface area (Å²) in [5.74, 6) is -0.232. The molecule has 16 heavy (non-hydrogen) atoms. The molecule has 0 saturated carbocycles. The van der Waals surface area contributed by atoms with Gasteiger partial charge in [0.1, 0.15) is 5.82 Å². The second-order valence-electron chi connectivity index (χ2n) is 3.43. The Morgan fingerprint density at radius 3 is 2.38 bits per heavy atom. The molecule has 0 saturated heterocycles. The van der Waals surface area contributed by atoms with Gasteiger partial charge < -0.3 is 4.65 Å². The van der Waals surface area contributed by atoms with Gasteiger partial charge in [0, 0.05) is 5.56 Å². The lowest BCUT2D eigenvalue weighted by atomic mass is 9.88. The van der Waals surface area contributed by atoms with E-state index in [0.29, 0.717) is 5.56 Å². The molecular weight excluding hydrogens is 202 g/mol. The van der Waals surface area contributed by atoms with Crippen molar-refractivity contribution in [1.82, 2.24) is 0 Å². The Kier molecular flexibility index (Phi) is 3.73. The van der Waals surface area contributed by atoms with Crippen LogP contribution in [0.1, 0.15) is 5.56 Å². The minimum absolute atomic E-state index is 0.232. The van der Waals surface area contributed by atoms with Crippen molar-refractivity contribution < 1.29 is 9.04 Å². The van der Waals surface area contributed by atoms with Gasteiger partial charge in [-0.3, -0.25) is 0 Å². The third kappa shape index (κ3) is 2.94. The van der Waals surface area contributed by atoms with E-state index in [1.165, 1.54) is 6.07 Å². The maximum absolute atomic E-state index is 13.2. The molecule has 0 aliphatic carbocycles. The van der Waals surface area contributed by atoms with Crippen LogP contribution in [-0.2, 0) is 11.3 Å². The highest BCUT2D eigenvalue weighted by Gasteiger charge is 2.01. The van der Waals surface area contributed by atoms with Crippen LogP contribution in [0.4, 0.5) is 4.39 Å². The Hall–Kier alpha value is -1.61. The minimum atomic E-state index is -0.232. The molecule has 0 aliphatic rings.